The Labute approximate surface area is 96.0 Å². The fourth-order valence-corrected chi connectivity index (χ4v) is 1.72. The maximum Gasteiger partial charge on any atom is 0.147 e. The molecule has 4 nitrogen and oxygen atoms in total. The van der Waals surface area contributed by atoms with Crippen molar-refractivity contribution in [1.82, 2.24) is 10.3 Å². The van der Waals surface area contributed by atoms with Gasteiger partial charge in [0.25, 0.3) is 0 Å². The molecule has 0 aromatic carbocycles. The van der Waals surface area contributed by atoms with Gasteiger partial charge in [-0.15, -0.1) is 0 Å². The summed E-state index contributed by atoms with van der Waals surface area (Å²) in [6.45, 7) is 4.96. The van der Waals surface area contributed by atoms with Crippen LogP contribution in [0.1, 0.15) is 17.7 Å². The van der Waals surface area contributed by atoms with Crippen LogP contribution >= 0.6 is 0 Å². The Hall–Kier alpha value is -0.970. The van der Waals surface area contributed by atoms with Crippen molar-refractivity contribution in [3.63, 3.8) is 0 Å². The highest BCUT2D eigenvalue weighted by atomic mass is 16.7. The Kier molecular flexibility index (Phi) is 4.27. The van der Waals surface area contributed by atoms with E-state index in [4.69, 9.17) is 9.47 Å². The molecule has 0 saturated carbocycles. The van der Waals surface area contributed by atoms with E-state index >= 15 is 0 Å². The van der Waals surface area contributed by atoms with Crippen molar-refractivity contribution in [3.05, 3.63) is 29.6 Å². The van der Waals surface area contributed by atoms with E-state index in [9.17, 15) is 0 Å². The van der Waals surface area contributed by atoms with E-state index < -0.39 is 0 Å². The summed E-state index contributed by atoms with van der Waals surface area (Å²) in [6.07, 6.45) is 3.07. The number of aryl methyl sites for hydroxylation is 1. The Morgan fingerprint density at radius 3 is 3.25 bits per heavy atom. The van der Waals surface area contributed by atoms with Gasteiger partial charge in [-0.3, -0.25) is 4.98 Å². The van der Waals surface area contributed by atoms with E-state index in [0.29, 0.717) is 6.79 Å². The van der Waals surface area contributed by atoms with Crippen LogP contribution in [0.4, 0.5) is 0 Å². The van der Waals surface area contributed by atoms with Crippen molar-refractivity contribution >= 4 is 0 Å². The minimum Gasteiger partial charge on any atom is -0.355 e. The third kappa shape index (κ3) is 3.27. The van der Waals surface area contributed by atoms with Crippen LogP contribution in [0.25, 0.3) is 0 Å². The normalized spacial score (nSPS) is 20.9. The fraction of sp³-hybridized carbons (Fsp3) is 0.583. The standard InChI is InChI=1S/C12H18N2O2/c1-10-3-2-5-14-12(10)8-13-7-11-4-6-15-9-16-11/h2-3,5,11,13H,4,6-9H2,1H3. The molecule has 0 radical (unpaired) electrons. The van der Waals surface area contributed by atoms with Crippen LogP contribution in [-0.2, 0) is 16.0 Å². The third-order valence-corrected chi connectivity index (χ3v) is 2.75. The molecular formula is C12H18N2O2. The molecule has 2 rings (SSSR count). The molecule has 1 aromatic heterocycles. The lowest BCUT2D eigenvalue weighted by atomic mass is 10.2. The summed E-state index contributed by atoms with van der Waals surface area (Å²) in [7, 11) is 0. The molecular weight excluding hydrogens is 204 g/mol. The van der Waals surface area contributed by atoms with Gasteiger partial charge in [0.15, 0.2) is 0 Å². The molecule has 1 unspecified atom stereocenters. The van der Waals surface area contributed by atoms with Crippen molar-refractivity contribution in [3.8, 4) is 0 Å². The number of pyridine rings is 1. The van der Waals surface area contributed by atoms with Crippen molar-refractivity contribution in [2.45, 2.75) is 26.0 Å². The van der Waals surface area contributed by atoms with Gasteiger partial charge in [-0.25, -0.2) is 0 Å². The van der Waals surface area contributed by atoms with Gasteiger partial charge in [0.2, 0.25) is 0 Å². The number of aromatic nitrogens is 1. The predicted octanol–water partition coefficient (Wildman–Crippen LogP) is 1.24. The number of rotatable bonds is 4. The van der Waals surface area contributed by atoms with Crippen molar-refractivity contribution in [1.29, 1.82) is 0 Å². The van der Waals surface area contributed by atoms with Gasteiger partial charge in [-0.05, 0) is 25.0 Å². The highest BCUT2D eigenvalue weighted by molar-refractivity contribution is 5.17. The second-order valence-corrected chi connectivity index (χ2v) is 4.00. The summed E-state index contributed by atoms with van der Waals surface area (Å²) in [6, 6.07) is 4.04. The van der Waals surface area contributed by atoms with Crippen LogP contribution in [0.5, 0.6) is 0 Å². The Morgan fingerprint density at radius 2 is 2.50 bits per heavy atom. The van der Waals surface area contributed by atoms with Gasteiger partial charge in [0.05, 0.1) is 18.4 Å². The maximum atomic E-state index is 5.44. The van der Waals surface area contributed by atoms with Crippen LogP contribution in [0.15, 0.2) is 18.3 Å². The second kappa shape index (κ2) is 5.94. The molecule has 1 aliphatic rings. The molecule has 1 fully saturated rings. The average Bonchev–Trinajstić information content (AvgIpc) is 2.33. The number of hydrogen-bond acceptors (Lipinski definition) is 4. The molecule has 1 N–H and O–H groups in total. The first-order valence-electron chi connectivity index (χ1n) is 5.67. The molecule has 0 bridgehead atoms. The summed E-state index contributed by atoms with van der Waals surface area (Å²) in [4.78, 5) is 4.33. The zero-order valence-electron chi connectivity index (χ0n) is 9.61. The van der Waals surface area contributed by atoms with Crippen molar-refractivity contribution < 1.29 is 9.47 Å². The molecule has 1 aliphatic heterocycles. The topological polar surface area (TPSA) is 43.4 Å². The fourth-order valence-electron chi connectivity index (χ4n) is 1.72. The molecule has 0 aliphatic carbocycles. The van der Waals surface area contributed by atoms with Gasteiger partial charge in [-0.2, -0.15) is 0 Å². The van der Waals surface area contributed by atoms with Crippen LogP contribution < -0.4 is 5.32 Å². The summed E-state index contributed by atoms with van der Waals surface area (Å²) < 4.78 is 10.6. The molecule has 0 amide bonds. The van der Waals surface area contributed by atoms with Crippen LogP contribution in [-0.4, -0.2) is 31.0 Å². The van der Waals surface area contributed by atoms with E-state index in [0.717, 1.165) is 31.8 Å². The zero-order chi connectivity index (χ0) is 11.2. The zero-order valence-corrected chi connectivity index (χ0v) is 9.61. The Bertz CT molecular complexity index is 325. The van der Waals surface area contributed by atoms with Gasteiger partial charge < -0.3 is 14.8 Å². The van der Waals surface area contributed by atoms with Gasteiger partial charge >= 0.3 is 0 Å². The quantitative estimate of drug-likeness (QED) is 0.832. The van der Waals surface area contributed by atoms with Crippen molar-refractivity contribution in [2.24, 2.45) is 0 Å². The predicted molar refractivity (Wildman–Crippen MR) is 61.0 cm³/mol. The molecule has 16 heavy (non-hydrogen) atoms. The second-order valence-electron chi connectivity index (χ2n) is 4.00. The van der Waals surface area contributed by atoms with Crippen LogP contribution in [0.3, 0.4) is 0 Å². The number of nitrogens with one attached hydrogen (secondary N) is 1. The summed E-state index contributed by atoms with van der Waals surface area (Å²) in [5.74, 6) is 0. The molecule has 4 heteroatoms. The van der Waals surface area contributed by atoms with Gasteiger partial charge in [0.1, 0.15) is 6.79 Å². The third-order valence-electron chi connectivity index (χ3n) is 2.75. The summed E-state index contributed by atoms with van der Waals surface area (Å²) in [5, 5.41) is 3.37. The van der Waals surface area contributed by atoms with Crippen LogP contribution in [0.2, 0.25) is 0 Å². The van der Waals surface area contributed by atoms with E-state index in [1.807, 2.05) is 12.3 Å². The first-order valence-corrected chi connectivity index (χ1v) is 5.67. The molecule has 1 saturated heterocycles. The van der Waals surface area contributed by atoms with E-state index in [2.05, 4.69) is 23.3 Å². The first-order chi connectivity index (χ1) is 7.86. The summed E-state index contributed by atoms with van der Waals surface area (Å²) >= 11 is 0. The lowest BCUT2D eigenvalue weighted by Crippen LogP contribution is -2.34. The van der Waals surface area contributed by atoms with E-state index in [-0.39, 0.29) is 6.10 Å². The minimum atomic E-state index is 0.276. The van der Waals surface area contributed by atoms with E-state index in [1.54, 1.807) is 0 Å². The number of hydrogen-bond donors (Lipinski definition) is 1. The lowest BCUT2D eigenvalue weighted by Gasteiger charge is -2.23. The van der Waals surface area contributed by atoms with Crippen LogP contribution in [0, 0.1) is 6.92 Å². The molecule has 0 spiro atoms. The monoisotopic (exact) mass is 222 g/mol. The molecule has 1 aromatic rings. The lowest BCUT2D eigenvalue weighted by molar-refractivity contribution is -0.137. The first kappa shape index (κ1) is 11.5. The molecule has 1 atom stereocenters. The van der Waals surface area contributed by atoms with Gasteiger partial charge in [0, 0.05) is 19.3 Å². The minimum absolute atomic E-state index is 0.276. The molecule has 2 heterocycles. The largest absolute Gasteiger partial charge is 0.355 e. The van der Waals surface area contributed by atoms with Crippen molar-refractivity contribution in [2.75, 3.05) is 19.9 Å². The van der Waals surface area contributed by atoms with Gasteiger partial charge in [-0.1, -0.05) is 6.07 Å². The SMILES string of the molecule is Cc1cccnc1CNCC1CCOCO1. The van der Waals surface area contributed by atoms with E-state index in [1.165, 1.54) is 5.56 Å². The highest BCUT2D eigenvalue weighted by Crippen LogP contribution is 2.06. The highest BCUT2D eigenvalue weighted by Gasteiger charge is 2.13. The average molecular weight is 222 g/mol. The smallest absolute Gasteiger partial charge is 0.147 e. The number of nitrogens with zero attached hydrogens (tertiary/aromatic N) is 1. The number of ether oxygens (including phenoxy) is 2. The Morgan fingerprint density at radius 1 is 1.56 bits per heavy atom. The maximum absolute atomic E-state index is 5.44. The molecule has 88 valence electrons. The Balaban J connectivity index is 1.73. The summed E-state index contributed by atoms with van der Waals surface area (Å²) in [5.41, 5.74) is 2.33.